The number of aromatic nitrogens is 1. The van der Waals surface area contributed by atoms with Crippen molar-refractivity contribution >= 4 is 35.2 Å². The Morgan fingerprint density at radius 1 is 1.00 bits per heavy atom. The summed E-state index contributed by atoms with van der Waals surface area (Å²) in [7, 11) is 0. The number of benzene rings is 2. The molecule has 0 aliphatic heterocycles. The molecule has 0 bridgehead atoms. The van der Waals surface area contributed by atoms with Crippen LogP contribution in [-0.4, -0.2) is 45.9 Å². The third-order valence-corrected chi connectivity index (χ3v) is 5.41. The van der Waals surface area contributed by atoms with Gasteiger partial charge in [-0.3, -0.25) is 14.6 Å². The Hall–Kier alpha value is -3.65. The zero-order chi connectivity index (χ0) is 22.9. The number of rotatable bonds is 9. The normalized spacial score (nSPS) is 11.4. The van der Waals surface area contributed by atoms with E-state index in [-0.39, 0.29) is 5.91 Å². The average molecular weight is 450 g/mol. The summed E-state index contributed by atoms with van der Waals surface area (Å²) in [6, 6.07) is 16.4. The molecule has 1 heterocycles. The monoisotopic (exact) mass is 449 g/mol. The number of hydrogen-bond acceptors (Lipinski definition) is 5. The van der Waals surface area contributed by atoms with E-state index in [2.05, 4.69) is 15.6 Å². The van der Waals surface area contributed by atoms with E-state index in [0.717, 1.165) is 5.56 Å². The number of aliphatic carboxylic acids is 1. The average Bonchev–Trinajstić information content (AvgIpc) is 2.82. The first kappa shape index (κ1) is 23.0. The molecule has 7 nitrogen and oxygen atoms in total. The quantitative estimate of drug-likeness (QED) is 0.457. The molecule has 1 aromatic heterocycles. The number of carbonyl (C=O) groups excluding carboxylic acids is 2. The largest absolute Gasteiger partial charge is 0.480 e. The van der Waals surface area contributed by atoms with Gasteiger partial charge in [-0.2, -0.15) is 11.8 Å². The smallest absolute Gasteiger partial charge is 0.326 e. The van der Waals surface area contributed by atoms with E-state index in [4.69, 9.17) is 0 Å². The predicted molar refractivity (Wildman–Crippen MR) is 126 cm³/mol. The maximum atomic E-state index is 13.0. The van der Waals surface area contributed by atoms with Gasteiger partial charge in [0.1, 0.15) is 6.04 Å². The van der Waals surface area contributed by atoms with Gasteiger partial charge in [0.2, 0.25) is 0 Å². The van der Waals surface area contributed by atoms with Crippen molar-refractivity contribution in [3.05, 3.63) is 84.2 Å². The fourth-order valence-corrected chi connectivity index (χ4v) is 3.58. The fourth-order valence-electron chi connectivity index (χ4n) is 3.11. The van der Waals surface area contributed by atoms with E-state index in [1.807, 2.05) is 36.6 Å². The van der Waals surface area contributed by atoms with Crippen LogP contribution in [0.25, 0.3) is 11.1 Å². The highest BCUT2D eigenvalue weighted by atomic mass is 32.2. The van der Waals surface area contributed by atoms with E-state index in [1.165, 1.54) is 24.2 Å². The van der Waals surface area contributed by atoms with Crippen LogP contribution in [0.5, 0.6) is 0 Å². The Morgan fingerprint density at radius 2 is 1.72 bits per heavy atom. The molecular formula is C24H23N3O4S. The highest BCUT2D eigenvalue weighted by molar-refractivity contribution is 7.98. The number of amides is 2. The van der Waals surface area contributed by atoms with Crippen LogP contribution in [0.1, 0.15) is 27.1 Å². The number of nitrogens with zero attached hydrogens (tertiary/aromatic N) is 1. The third-order valence-electron chi connectivity index (χ3n) is 4.76. The first-order valence-electron chi connectivity index (χ1n) is 9.93. The van der Waals surface area contributed by atoms with Crippen LogP contribution in [0.2, 0.25) is 0 Å². The zero-order valence-corrected chi connectivity index (χ0v) is 18.3. The molecule has 0 aliphatic carbocycles. The minimum absolute atomic E-state index is 0.299. The van der Waals surface area contributed by atoms with Gasteiger partial charge in [-0.05, 0) is 59.9 Å². The lowest BCUT2D eigenvalue weighted by Gasteiger charge is -2.17. The van der Waals surface area contributed by atoms with Gasteiger partial charge < -0.3 is 15.7 Å². The van der Waals surface area contributed by atoms with Crippen molar-refractivity contribution < 1.29 is 19.5 Å². The summed E-state index contributed by atoms with van der Waals surface area (Å²) in [5.41, 5.74) is 2.66. The molecule has 164 valence electrons. The second-order valence-electron chi connectivity index (χ2n) is 6.96. The van der Waals surface area contributed by atoms with Gasteiger partial charge in [0.25, 0.3) is 11.8 Å². The number of carbonyl (C=O) groups is 3. The van der Waals surface area contributed by atoms with E-state index in [1.54, 1.807) is 30.3 Å². The minimum atomic E-state index is -1.07. The van der Waals surface area contributed by atoms with E-state index < -0.39 is 17.9 Å². The maximum Gasteiger partial charge on any atom is 0.326 e. The molecule has 2 aromatic carbocycles. The van der Waals surface area contributed by atoms with Crippen molar-refractivity contribution in [1.82, 2.24) is 10.3 Å². The molecule has 3 rings (SSSR count). The molecule has 0 saturated carbocycles. The molecule has 0 fully saturated rings. The Balaban J connectivity index is 1.91. The summed E-state index contributed by atoms with van der Waals surface area (Å²) in [5, 5.41) is 14.9. The van der Waals surface area contributed by atoms with Crippen LogP contribution >= 0.6 is 11.8 Å². The van der Waals surface area contributed by atoms with Gasteiger partial charge in [-0.1, -0.05) is 30.3 Å². The second kappa shape index (κ2) is 11.1. The third kappa shape index (κ3) is 5.95. The first-order valence-corrected chi connectivity index (χ1v) is 11.3. The highest BCUT2D eigenvalue weighted by Gasteiger charge is 2.22. The molecule has 0 spiro atoms. The van der Waals surface area contributed by atoms with Gasteiger partial charge in [0.05, 0.1) is 0 Å². The van der Waals surface area contributed by atoms with Crippen LogP contribution < -0.4 is 10.6 Å². The number of carboxylic acid groups (broad SMARTS) is 1. The molecule has 2 amide bonds. The van der Waals surface area contributed by atoms with Crippen LogP contribution in [-0.2, 0) is 4.79 Å². The summed E-state index contributed by atoms with van der Waals surface area (Å²) >= 11 is 1.52. The van der Waals surface area contributed by atoms with Gasteiger partial charge in [0.15, 0.2) is 0 Å². The summed E-state index contributed by atoms with van der Waals surface area (Å²) in [6.45, 7) is 0. The molecule has 3 aromatic rings. The molecule has 0 saturated heterocycles. The van der Waals surface area contributed by atoms with Gasteiger partial charge in [-0.15, -0.1) is 0 Å². The second-order valence-corrected chi connectivity index (χ2v) is 7.95. The van der Waals surface area contributed by atoms with E-state index in [0.29, 0.717) is 34.6 Å². The van der Waals surface area contributed by atoms with Crippen molar-refractivity contribution in [2.45, 2.75) is 12.5 Å². The van der Waals surface area contributed by atoms with Crippen LogP contribution in [0.4, 0.5) is 5.69 Å². The SMILES string of the molecule is CSCC[C@H](NC(=O)c1ccc(NC(=O)c2ccncc2)cc1-c1ccccc1)C(=O)O. The van der Waals surface area contributed by atoms with Crippen molar-refractivity contribution in [2.75, 3.05) is 17.3 Å². The summed E-state index contributed by atoms with van der Waals surface area (Å²) in [6.07, 6.45) is 5.28. The number of pyridine rings is 1. The highest BCUT2D eigenvalue weighted by Crippen LogP contribution is 2.27. The lowest BCUT2D eigenvalue weighted by atomic mass is 9.98. The fraction of sp³-hybridized carbons (Fsp3) is 0.167. The molecule has 32 heavy (non-hydrogen) atoms. The lowest BCUT2D eigenvalue weighted by molar-refractivity contribution is -0.139. The van der Waals surface area contributed by atoms with Crippen LogP contribution in [0, 0.1) is 0 Å². The number of hydrogen-bond donors (Lipinski definition) is 3. The number of anilines is 1. The molecule has 3 N–H and O–H groups in total. The Labute approximate surface area is 190 Å². The maximum absolute atomic E-state index is 13.0. The van der Waals surface area contributed by atoms with Crippen LogP contribution in [0.15, 0.2) is 73.1 Å². The zero-order valence-electron chi connectivity index (χ0n) is 17.4. The van der Waals surface area contributed by atoms with E-state index >= 15 is 0 Å². The Morgan fingerprint density at radius 3 is 2.38 bits per heavy atom. The van der Waals surface area contributed by atoms with Crippen molar-refractivity contribution in [3.63, 3.8) is 0 Å². The molecular weight excluding hydrogens is 426 g/mol. The standard InChI is InChI=1S/C24H23N3O4S/c1-32-14-11-21(24(30)31)27-23(29)19-8-7-18(15-20(19)16-5-3-2-4-6-16)26-22(28)17-9-12-25-13-10-17/h2-10,12-13,15,21H,11,14H2,1H3,(H,26,28)(H,27,29)(H,30,31)/t21-/m0/s1. The molecule has 0 aliphatic rings. The summed E-state index contributed by atoms with van der Waals surface area (Å²) < 4.78 is 0. The molecule has 1 atom stereocenters. The molecule has 8 heteroatoms. The van der Waals surface area contributed by atoms with E-state index in [9.17, 15) is 19.5 Å². The van der Waals surface area contributed by atoms with Gasteiger partial charge in [0, 0.05) is 29.2 Å². The first-order chi connectivity index (χ1) is 15.5. The molecule has 0 unspecified atom stereocenters. The predicted octanol–water partition coefficient (Wildman–Crippen LogP) is 3.94. The summed E-state index contributed by atoms with van der Waals surface area (Å²) in [5.74, 6) is -1.24. The van der Waals surface area contributed by atoms with Crippen LogP contribution in [0.3, 0.4) is 0 Å². The van der Waals surface area contributed by atoms with Crippen molar-refractivity contribution in [1.29, 1.82) is 0 Å². The minimum Gasteiger partial charge on any atom is -0.480 e. The molecule has 0 radical (unpaired) electrons. The lowest BCUT2D eigenvalue weighted by Crippen LogP contribution is -2.41. The van der Waals surface area contributed by atoms with Crippen molar-refractivity contribution in [3.8, 4) is 11.1 Å². The Kier molecular flexibility index (Phi) is 7.99. The Bertz CT molecular complexity index is 1090. The van der Waals surface area contributed by atoms with Gasteiger partial charge >= 0.3 is 5.97 Å². The number of thioether (sulfide) groups is 1. The van der Waals surface area contributed by atoms with Gasteiger partial charge in [-0.25, -0.2) is 4.79 Å². The van der Waals surface area contributed by atoms with Crippen molar-refractivity contribution in [2.24, 2.45) is 0 Å². The number of carboxylic acids is 1. The summed E-state index contributed by atoms with van der Waals surface area (Å²) in [4.78, 5) is 41.0. The number of nitrogens with one attached hydrogen (secondary N) is 2. The topological polar surface area (TPSA) is 108 Å².